The molecule has 0 saturated carbocycles. The smallest absolute Gasteiger partial charge is 0.292 e. The molecule has 114 valence electrons. The SMILES string of the molecule is O=[N+]([O-])c1ccc(CO)cc1N1CCC2OCCCC2C1. The van der Waals surface area contributed by atoms with Crippen molar-refractivity contribution < 1.29 is 14.8 Å². The molecule has 0 radical (unpaired) electrons. The van der Waals surface area contributed by atoms with Crippen LogP contribution in [0.1, 0.15) is 24.8 Å². The van der Waals surface area contributed by atoms with Gasteiger partial charge in [0.25, 0.3) is 5.69 Å². The molecule has 2 unspecified atom stereocenters. The second-order valence-corrected chi connectivity index (χ2v) is 5.78. The second-order valence-electron chi connectivity index (χ2n) is 5.78. The fraction of sp³-hybridized carbons (Fsp3) is 0.600. The van der Waals surface area contributed by atoms with Crippen molar-refractivity contribution >= 4 is 11.4 Å². The molecule has 6 nitrogen and oxygen atoms in total. The van der Waals surface area contributed by atoms with Crippen LogP contribution in [-0.2, 0) is 11.3 Å². The van der Waals surface area contributed by atoms with Crippen LogP contribution in [0, 0.1) is 16.0 Å². The van der Waals surface area contributed by atoms with E-state index in [1.165, 1.54) is 6.07 Å². The molecule has 6 heteroatoms. The van der Waals surface area contributed by atoms with Crippen LogP contribution in [0.3, 0.4) is 0 Å². The maximum atomic E-state index is 11.2. The monoisotopic (exact) mass is 292 g/mol. The summed E-state index contributed by atoms with van der Waals surface area (Å²) in [5.41, 5.74) is 1.44. The zero-order valence-electron chi connectivity index (χ0n) is 11.9. The first-order valence-electron chi connectivity index (χ1n) is 7.44. The number of nitro groups is 1. The van der Waals surface area contributed by atoms with Crippen molar-refractivity contribution in [1.29, 1.82) is 0 Å². The van der Waals surface area contributed by atoms with E-state index >= 15 is 0 Å². The van der Waals surface area contributed by atoms with E-state index in [0.717, 1.165) is 39.0 Å². The molecule has 3 rings (SSSR count). The zero-order valence-corrected chi connectivity index (χ0v) is 11.9. The van der Waals surface area contributed by atoms with Gasteiger partial charge in [-0.05, 0) is 37.0 Å². The Morgan fingerprint density at radius 2 is 2.29 bits per heavy atom. The van der Waals surface area contributed by atoms with Gasteiger partial charge in [-0.25, -0.2) is 0 Å². The van der Waals surface area contributed by atoms with Gasteiger partial charge in [-0.3, -0.25) is 10.1 Å². The molecule has 0 bridgehead atoms. The van der Waals surface area contributed by atoms with E-state index in [4.69, 9.17) is 4.74 Å². The van der Waals surface area contributed by atoms with Crippen molar-refractivity contribution in [3.05, 3.63) is 33.9 Å². The third-order valence-corrected chi connectivity index (χ3v) is 4.48. The largest absolute Gasteiger partial charge is 0.392 e. The van der Waals surface area contributed by atoms with Gasteiger partial charge >= 0.3 is 0 Å². The number of benzene rings is 1. The molecule has 2 fully saturated rings. The van der Waals surface area contributed by atoms with Crippen LogP contribution in [0.4, 0.5) is 11.4 Å². The number of hydrogen-bond donors (Lipinski definition) is 1. The summed E-state index contributed by atoms with van der Waals surface area (Å²) < 4.78 is 5.79. The first-order valence-corrected chi connectivity index (χ1v) is 7.44. The summed E-state index contributed by atoms with van der Waals surface area (Å²) in [6.45, 7) is 2.28. The Morgan fingerprint density at radius 1 is 1.43 bits per heavy atom. The van der Waals surface area contributed by atoms with Gasteiger partial charge in [-0.1, -0.05) is 0 Å². The van der Waals surface area contributed by atoms with E-state index < -0.39 is 0 Å². The number of nitrogens with zero attached hydrogens (tertiary/aromatic N) is 2. The minimum atomic E-state index is -0.347. The number of piperidine rings is 1. The van der Waals surface area contributed by atoms with Crippen molar-refractivity contribution in [2.24, 2.45) is 5.92 Å². The van der Waals surface area contributed by atoms with E-state index in [0.29, 0.717) is 23.3 Å². The lowest BCUT2D eigenvalue weighted by Crippen LogP contribution is -2.46. The number of rotatable bonds is 3. The van der Waals surface area contributed by atoms with Crippen LogP contribution >= 0.6 is 0 Å². The van der Waals surface area contributed by atoms with Gasteiger partial charge in [-0.2, -0.15) is 0 Å². The second kappa shape index (κ2) is 5.99. The molecule has 0 aliphatic carbocycles. The molecular weight excluding hydrogens is 272 g/mol. The van der Waals surface area contributed by atoms with E-state index in [2.05, 4.69) is 4.90 Å². The maximum absolute atomic E-state index is 11.2. The number of nitro benzene ring substituents is 1. The van der Waals surface area contributed by atoms with Gasteiger partial charge in [0.15, 0.2) is 0 Å². The normalized spacial score (nSPS) is 25.5. The average molecular weight is 292 g/mol. The van der Waals surface area contributed by atoms with Crippen molar-refractivity contribution in [1.82, 2.24) is 0 Å². The Hall–Kier alpha value is -1.66. The lowest BCUT2D eigenvalue weighted by Gasteiger charge is -2.41. The van der Waals surface area contributed by atoms with Crippen LogP contribution < -0.4 is 4.90 Å². The number of hydrogen-bond acceptors (Lipinski definition) is 5. The van der Waals surface area contributed by atoms with Gasteiger partial charge < -0.3 is 14.7 Å². The molecule has 1 aromatic rings. The maximum Gasteiger partial charge on any atom is 0.292 e. The van der Waals surface area contributed by atoms with Gasteiger partial charge in [0.05, 0.1) is 17.6 Å². The Kier molecular flexibility index (Phi) is 4.07. The van der Waals surface area contributed by atoms with Crippen molar-refractivity contribution in [2.45, 2.75) is 32.0 Å². The summed E-state index contributed by atoms with van der Waals surface area (Å²) >= 11 is 0. The zero-order chi connectivity index (χ0) is 14.8. The van der Waals surface area contributed by atoms with Crippen LogP contribution in [0.25, 0.3) is 0 Å². The summed E-state index contributed by atoms with van der Waals surface area (Å²) in [5.74, 6) is 0.449. The summed E-state index contributed by atoms with van der Waals surface area (Å²) in [7, 11) is 0. The molecule has 1 N–H and O–H groups in total. The third kappa shape index (κ3) is 2.87. The van der Waals surface area contributed by atoms with Crippen LogP contribution in [0.5, 0.6) is 0 Å². The third-order valence-electron chi connectivity index (χ3n) is 4.48. The van der Waals surface area contributed by atoms with Gasteiger partial charge in [-0.15, -0.1) is 0 Å². The predicted octanol–water partition coefficient (Wildman–Crippen LogP) is 2.09. The van der Waals surface area contributed by atoms with Crippen molar-refractivity contribution in [3.63, 3.8) is 0 Å². The van der Waals surface area contributed by atoms with E-state index in [9.17, 15) is 15.2 Å². The van der Waals surface area contributed by atoms with Crippen molar-refractivity contribution in [3.8, 4) is 0 Å². The van der Waals surface area contributed by atoms with Crippen molar-refractivity contribution in [2.75, 3.05) is 24.6 Å². The van der Waals surface area contributed by atoms with Crippen LogP contribution in [-0.4, -0.2) is 35.8 Å². The van der Waals surface area contributed by atoms with Gasteiger partial charge in [0.2, 0.25) is 0 Å². The van der Waals surface area contributed by atoms with Crippen LogP contribution in [0.2, 0.25) is 0 Å². The van der Waals surface area contributed by atoms with E-state index in [-0.39, 0.29) is 17.2 Å². The quantitative estimate of drug-likeness (QED) is 0.682. The first kappa shape index (κ1) is 14.3. The first-order chi connectivity index (χ1) is 10.2. The number of aliphatic hydroxyl groups is 1. The molecule has 1 aromatic carbocycles. The average Bonchev–Trinajstić information content (AvgIpc) is 2.53. The Balaban J connectivity index is 1.86. The summed E-state index contributed by atoms with van der Waals surface area (Å²) in [6, 6.07) is 4.84. The highest BCUT2D eigenvalue weighted by Gasteiger charge is 2.34. The molecule has 21 heavy (non-hydrogen) atoms. The molecule has 0 spiro atoms. The molecule has 2 heterocycles. The molecule has 0 amide bonds. The highest BCUT2D eigenvalue weighted by molar-refractivity contribution is 5.64. The fourth-order valence-electron chi connectivity index (χ4n) is 3.38. The lowest BCUT2D eigenvalue weighted by atomic mass is 9.88. The highest BCUT2D eigenvalue weighted by atomic mass is 16.6. The van der Waals surface area contributed by atoms with Gasteiger partial charge in [0.1, 0.15) is 5.69 Å². The minimum Gasteiger partial charge on any atom is -0.392 e. The van der Waals surface area contributed by atoms with E-state index in [1.807, 2.05) is 0 Å². The standard InChI is InChI=1S/C15H20N2O4/c18-10-11-3-4-13(17(19)20)14(8-11)16-6-5-15-12(9-16)2-1-7-21-15/h3-4,8,12,15,18H,1-2,5-7,9-10H2. The molecule has 0 aromatic heterocycles. The Labute approximate surface area is 123 Å². The molecule has 2 aliphatic rings. The summed E-state index contributed by atoms with van der Waals surface area (Å²) in [4.78, 5) is 13.0. The summed E-state index contributed by atoms with van der Waals surface area (Å²) in [6.07, 6.45) is 3.39. The van der Waals surface area contributed by atoms with Crippen LogP contribution in [0.15, 0.2) is 18.2 Å². The number of aliphatic hydroxyl groups excluding tert-OH is 1. The minimum absolute atomic E-state index is 0.103. The Bertz CT molecular complexity index is 534. The highest BCUT2D eigenvalue weighted by Crippen LogP contribution is 2.35. The van der Waals surface area contributed by atoms with E-state index in [1.54, 1.807) is 12.1 Å². The number of fused-ring (bicyclic) bond motifs is 1. The number of anilines is 1. The summed E-state index contributed by atoms with van der Waals surface area (Å²) in [5, 5.41) is 20.5. The van der Waals surface area contributed by atoms with Gasteiger partial charge in [0, 0.05) is 31.7 Å². The molecule has 2 aliphatic heterocycles. The lowest BCUT2D eigenvalue weighted by molar-refractivity contribution is -0.384. The predicted molar refractivity (Wildman–Crippen MR) is 78.3 cm³/mol. The Morgan fingerprint density at radius 3 is 3.05 bits per heavy atom. The molecular formula is C15H20N2O4. The molecule has 2 atom stereocenters. The number of ether oxygens (including phenoxy) is 1. The topological polar surface area (TPSA) is 75.8 Å². The fourth-order valence-corrected chi connectivity index (χ4v) is 3.38. The molecule has 2 saturated heterocycles.